The Morgan fingerprint density at radius 3 is 2.39 bits per heavy atom. The van der Waals surface area contributed by atoms with Crippen molar-refractivity contribution in [1.82, 2.24) is 0 Å². The van der Waals surface area contributed by atoms with E-state index in [9.17, 15) is 18.0 Å². The van der Waals surface area contributed by atoms with Crippen molar-refractivity contribution in [2.75, 3.05) is 6.61 Å². The average Bonchev–Trinajstić information content (AvgIpc) is 2.27. The molecule has 0 aliphatic carbocycles. The second-order valence-electron chi connectivity index (χ2n) is 3.35. The van der Waals surface area contributed by atoms with E-state index in [2.05, 4.69) is 0 Å². The standard InChI is InChI=1S/C11H12F3NO2S/c1-2-17-10(16)9(15)7-3-5-8(6-4-7)18-11(12,13)14/h3-6,9H,2,15H2,1H3. The van der Waals surface area contributed by atoms with Crippen LogP contribution in [0.2, 0.25) is 0 Å². The summed E-state index contributed by atoms with van der Waals surface area (Å²) in [6.07, 6.45) is 0. The molecular weight excluding hydrogens is 267 g/mol. The van der Waals surface area contributed by atoms with Crippen LogP contribution in [0.4, 0.5) is 13.2 Å². The van der Waals surface area contributed by atoms with Crippen LogP contribution in [0.25, 0.3) is 0 Å². The molecule has 0 saturated heterocycles. The highest BCUT2D eigenvalue weighted by atomic mass is 32.2. The molecule has 18 heavy (non-hydrogen) atoms. The highest BCUT2D eigenvalue weighted by molar-refractivity contribution is 8.00. The van der Waals surface area contributed by atoms with Crippen molar-refractivity contribution in [3.05, 3.63) is 29.8 Å². The summed E-state index contributed by atoms with van der Waals surface area (Å²) in [7, 11) is 0. The summed E-state index contributed by atoms with van der Waals surface area (Å²) in [6, 6.07) is 4.33. The van der Waals surface area contributed by atoms with E-state index in [0.29, 0.717) is 5.56 Å². The SMILES string of the molecule is CCOC(=O)C(N)c1ccc(SC(F)(F)F)cc1. The number of ether oxygens (including phenoxy) is 1. The Labute approximate surface area is 106 Å². The van der Waals surface area contributed by atoms with E-state index < -0.39 is 17.5 Å². The maximum atomic E-state index is 12.1. The number of hydrogen-bond donors (Lipinski definition) is 1. The van der Waals surface area contributed by atoms with Crippen molar-refractivity contribution in [3.63, 3.8) is 0 Å². The van der Waals surface area contributed by atoms with Gasteiger partial charge in [0.05, 0.1) is 6.61 Å². The minimum absolute atomic E-state index is 0.0438. The van der Waals surface area contributed by atoms with Gasteiger partial charge in [-0.2, -0.15) is 13.2 Å². The minimum Gasteiger partial charge on any atom is -0.465 e. The Kier molecular flexibility index (Phi) is 5.03. The number of rotatable bonds is 4. The van der Waals surface area contributed by atoms with Crippen molar-refractivity contribution >= 4 is 17.7 Å². The fourth-order valence-corrected chi connectivity index (χ4v) is 1.78. The number of thioether (sulfide) groups is 1. The van der Waals surface area contributed by atoms with Gasteiger partial charge in [-0.1, -0.05) is 12.1 Å². The molecule has 2 N–H and O–H groups in total. The summed E-state index contributed by atoms with van der Waals surface area (Å²) >= 11 is -0.217. The van der Waals surface area contributed by atoms with Gasteiger partial charge in [-0.15, -0.1) is 0 Å². The first kappa shape index (κ1) is 14.8. The van der Waals surface area contributed by atoms with Gasteiger partial charge < -0.3 is 10.5 Å². The molecule has 1 atom stereocenters. The summed E-state index contributed by atoms with van der Waals surface area (Å²) in [5.74, 6) is -0.603. The Morgan fingerprint density at radius 1 is 1.39 bits per heavy atom. The Morgan fingerprint density at radius 2 is 1.94 bits per heavy atom. The zero-order valence-corrected chi connectivity index (χ0v) is 10.3. The number of carbonyl (C=O) groups excluding carboxylic acids is 1. The molecule has 1 rings (SSSR count). The molecule has 0 fully saturated rings. The van der Waals surface area contributed by atoms with E-state index in [4.69, 9.17) is 10.5 Å². The molecule has 0 radical (unpaired) electrons. The van der Waals surface area contributed by atoms with Gasteiger partial charge in [0, 0.05) is 4.90 Å². The van der Waals surface area contributed by atoms with E-state index in [1.54, 1.807) is 6.92 Å². The van der Waals surface area contributed by atoms with E-state index in [-0.39, 0.29) is 23.3 Å². The van der Waals surface area contributed by atoms with Crippen LogP contribution in [0, 0.1) is 0 Å². The monoisotopic (exact) mass is 279 g/mol. The van der Waals surface area contributed by atoms with Crippen LogP contribution in [0.1, 0.15) is 18.5 Å². The second kappa shape index (κ2) is 6.10. The van der Waals surface area contributed by atoms with Gasteiger partial charge in [0.15, 0.2) is 0 Å². The molecular formula is C11H12F3NO2S. The molecule has 3 nitrogen and oxygen atoms in total. The van der Waals surface area contributed by atoms with Crippen molar-refractivity contribution in [3.8, 4) is 0 Å². The number of benzene rings is 1. The third-order valence-electron chi connectivity index (χ3n) is 2.01. The van der Waals surface area contributed by atoms with Gasteiger partial charge in [-0.3, -0.25) is 0 Å². The molecule has 0 saturated carbocycles. The number of halogens is 3. The number of alkyl halides is 3. The maximum Gasteiger partial charge on any atom is 0.446 e. The predicted octanol–water partition coefficient (Wildman–Crippen LogP) is 2.86. The van der Waals surface area contributed by atoms with Crippen LogP contribution in [-0.4, -0.2) is 18.1 Å². The molecule has 1 unspecified atom stereocenters. The van der Waals surface area contributed by atoms with Gasteiger partial charge in [0.2, 0.25) is 0 Å². The molecule has 100 valence electrons. The Bertz CT molecular complexity index is 406. The topological polar surface area (TPSA) is 52.3 Å². The third kappa shape index (κ3) is 4.58. The molecule has 0 aliphatic heterocycles. The van der Waals surface area contributed by atoms with E-state index in [0.717, 1.165) is 0 Å². The molecule has 0 spiro atoms. The summed E-state index contributed by atoms with van der Waals surface area (Å²) < 4.78 is 41.0. The first-order chi connectivity index (χ1) is 8.33. The quantitative estimate of drug-likeness (QED) is 0.680. The van der Waals surface area contributed by atoms with Gasteiger partial charge >= 0.3 is 11.5 Å². The van der Waals surface area contributed by atoms with Crippen molar-refractivity contribution in [2.45, 2.75) is 23.4 Å². The molecule has 1 aromatic rings. The van der Waals surface area contributed by atoms with Gasteiger partial charge in [-0.05, 0) is 36.4 Å². The van der Waals surface area contributed by atoms with Crippen LogP contribution in [0.3, 0.4) is 0 Å². The molecule has 0 amide bonds. The third-order valence-corrected chi connectivity index (χ3v) is 2.75. The first-order valence-corrected chi connectivity index (χ1v) is 5.93. The zero-order valence-electron chi connectivity index (χ0n) is 9.53. The predicted molar refractivity (Wildman–Crippen MR) is 61.9 cm³/mol. The smallest absolute Gasteiger partial charge is 0.446 e. The highest BCUT2D eigenvalue weighted by Crippen LogP contribution is 2.36. The minimum atomic E-state index is -4.33. The Hall–Kier alpha value is -1.21. The van der Waals surface area contributed by atoms with Crippen LogP contribution in [-0.2, 0) is 9.53 Å². The summed E-state index contributed by atoms with van der Waals surface area (Å²) in [5.41, 5.74) is 1.69. The van der Waals surface area contributed by atoms with Crippen molar-refractivity contribution in [2.24, 2.45) is 5.73 Å². The van der Waals surface area contributed by atoms with Crippen molar-refractivity contribution < 1.29 is 22.7 Å². The molecule has 0 aliphatic rings. The molecule has 1 aromatic carbocycles. The second-order valence-corrected chi connectivity index (χ2v) is 4.48. The van der Waals surface area contributed by atoms with Gasteiger partial charge in [-0.25, -0.2) is 4.79 Å². The fraction of sp³-hybridized carbons (Fsp3) is 0.364. The molecule has 0 aromatic heterocycles. The van der Waals surface area contributed by atoms with E-state index in [1.807, 2.05) is 0 Å². The normalized spacial score (nSPS) is 13.2. The number of nitrogens with two attached hydrogens (primary N) is 1. The molecule has 0 bridgehead atoms. The molecule has 0 heterocycles. The lowest BCUT2D eigenvalue weighted by Gasteiger charge is -2.11. The van der Waals surface area contributed by atoms with E-state index >= 15 is 0 Å². The lowest BCUT2D eigenvalue weighted by Crippen LogP contribution is -2.23. The zero-order chi connectivity index (χ0) is 13.8. The Balaban J connectivity index is 2.73. The number of hydrogen-bond acceptors (Lipinski definition) is 4. The number of esters is 1. The van der Waals surface area contributed by atoms with E-state index in [1.165, 1.54) is 24.3 Å². The fourth-order valence-electron chi connectivity index (χ4n) is 1.24. The lowest BCUT2D eigenvalue weighted by molar-refractivity contribution is -0.144. The van der Waals surface area contributed by atoms with Gasteiger partial charge in [0.1, 0.15) is 6.04 Å². The largest absolute Gasteiger partial charge is 0.465 e. The maximum absolute atomic E-state index is 12.1. The first-order valence-electron chi connectivity index (χ1n) is 5.11. The van der Waals surface area contributed by atoms with Crippen molar-refractivity contribution in [1.29, 1.82) is 0 Å². The lowest BCUT2D eigenvalue weighted by atomic mass is 10.1. The van der Waals surface area contributed by atoms with Crippen LogP contribution in [0.15, 0.2) is 29.2 Å². The van der Waals surface area contributed by atoms with Crippen LogP contribution < -0.4 is 5.73 Å². The van der Waals surface area contributed by atoms with Crippen LogP contribution in [0.5, 0.6) is 0 Å². The highest BCUT2D eigenvalue weighted by Gasteiger charge is 2.29. The summed E-state index contributed by atoms with van der Waals surface area (Å²) in [6.45, 7) is 1.85. The summed E-state index contributed by atoms with van der Waals surface area (Å²) in [5, 5.41) is 0. The number of carbonyl (C=O) groups is 1. The summed E-state index contributed by atoms with van der Waals surface area (Å²) in [4.78, 5) is 11.4. The van der Waals surface area contributed by atoms with Gasteiger partial charge in [0.25, 0.3) is 0 Å². The van der Waals surface area contributed by atoms with Crippen LogP contribution >= 0.6 is 11.8 Å². The average molecular weight is 279 g/mol. The molecule has 7 heteroatoms.